The van der Waals surface area contributed by atoms with Gasteiger partial charge in [-0.3, -0.25) is 0 Å². The van der Waals surface area contributed by atoms with Gasteiger partial charge >= 0.3 is 5.97 Å². The zero-order valence-corrected chi connectivity index (χ0v) is 12.6. The van der Waals surface area contributed by atoms with Gasteiger partial charge in [-0.15, -0.1) is 0 Å². The number of anilines is 1. The number of aromatic nitrogens is 2. The fourth-order valence-electron chi connectivity index (χ4n) is 2.70. The van der Waals surface area contributed by atoms with Gasteiger partial charge in [0.15, 0.2) is 5.69 Å². The fourth-order valence-corrected chi connectivity index (χ4v) is 2.70. The average molecular weight is 292 g/mol. The van der Waals surface area contributed by atoms with Crippen LogP contribution in [0.2, 0.25) is 0 Å². The van der Waals surface area contributed by atoms with Gasteiger partial charge in [-0.25, -0.2) is 14.8 Å². The number of carboxylic acids is 1. The molecule has 6 heteroatoms. The predicted molar refractivity (Wildman–Crippen MR) is 81.6 cm³/mol. The molecular weight excluding hydrogens is 268 g/mol. The monoisotopic (exact) mass is 292 g/mol. The van der Waals surface area contributed by atoms with E-state index >= 15 is 0 Å². The Kier molecular flexibility index (Phi) is 5.92. The summed E-state index contributed by atoms with van der Waals surface area (Å²) in [5, 5.41) is 11.9. The molecule has 1 unspecified atom stereocenters. The van der Waals surface area contributed by atoms with Crippen LogP contribution >= 0.6 is 0 Å². The second-order valence-corrected chi connectivity index (χ2v) is 5.77. The lowest BCUT2D eigenvalue weighted by Gasteiger charge is -2.30. The Hall–Kier alpha value is -1.69. The van der Waals surface area contributed by atoms with Crippen LogP contribution in [-0.4, -0.2) is 52.1 Å². The minimum Gasteiger partial charge on any atom is -0.476 e. The Bertz CT molecular complexity index is 449. The molecule has 0 saturated carbocycles. The van der Waals surface area contributed by atoms with Gasteiger partial charge in [-0.2, -0.15) is 0 Å². The topological polar surface area (TPSA) is 78.4 Å². The number of unbranched alkanes of at least 4 members (excludes halogenated alkanes) is 1. The lowest BCUT2D eigenvalue weighted by atomic mass is 10.0. The van der Waals surface area contributed by atoms with Crippen molar-refractivity contribution in [1.29, 1.82) is 0 Å². The first-order valence-corrected chi connectivity index (χ1v) is 7.66. The fraction of sp³-hybridized carbons (Fsp3) is 0.667. The van der Waals surface area contributed by atoms with Gasteiger partial charge in [0.25, 0.3) is 0 Å². The first-order chi connectivity index (χ1) is 10.1. The molecule has 1 aromatic heterocycles. The number of nitrogens with one attached hydrogen (secondary N) is 1. The smallest absolute Gasteiger partial charge is 0.356 e. The molecule has 1 aliphatic rings. The van der Waals surface area contributed by atoms with E-state index in [-0.39, 0.29) is 5.69 Å². The van der Waals surface area contributed by atoms with E-state index in [9.17, 15) is 4.79 Å². The van der Waals surface area contributed by atoms with Crippen molar-refractivity contribution in [2.75, 3.05) is 31.5 Å². The Labute approximate surface area is 125 Å². The van der Waals surface area contributed by atoms with Crippen LogP contribution in [0.1, 0.15) is 43.1 Å². The summed E-state index contributed by atoms with van der Waals surface area (Å²) >= 11 is 0. The second-order valence-electron chi connectivity index (χ2n) is 5.77. The van der Waals surface area contributed by atoms with Gasteiger partial charge in [0.05, 0.1) is 12.4 Å². The van der Waals surface area contributed by atoms with Crippen LogP contribution in [0, 0.1) is 5.92 Å². The van der Waals surface area contributed by atoms with Crippen molar-refractivity contribution in [3.05, 3.63) is 18.1 Å². The average Bonchev–Trinajstić information content (AvgIpc) is 2.47. The summed E-state index contributed by atoms with van der Waals surface area (Å²) in [4.78, 5) is 21.1. The molecule has 0 amide bonds. The molecule has 0 radical (unpaired) electrons. The largest absolute Gasteiger partial charge is 0.476 e. The van der Waals surface area contributed by atoms with Crippen LogP contribution in [0.4, 0.5) is 5.82 Å². The number of carbonyl (C=O) groups is 1. The Morgan fingerprint density at radius 2 is 2.29 bits per heavy atom. The molecule has 0 bridgehead atoms. The van der Waals surface area contributed by atoms with Gasteiger partial charge in [-0.1, -0.05) is 6.92 Å². The van der Waals surface area contributed by atoms with Crippen molar-refractivity contribution in [3.8, 4) is 0 Å². The molecule has 1 aliphatic heterocycles. The Morgan fingerprint density at radius 1 is 1.43 bits per heavy atom. The van der Waals surface area contributed by atoms with Crippen molar-refractivity contribution in [3.63, 3.8) is 0 Å². The minimum atomic E-state index is -1.05. The number of piperidine rings is 1. The highest BCUT2D eigenvalue weighted by molar-refractivity contribution is 5.84. The molecule has 116 valence electrons. The number of rotatable bonds is 7. The van der Waals surface area contributed by atoms with Crippen LogP contribution in [0.3, 0.4) is 0 Å². The number of carboxylic acid groups (broad SMARTS) is 1. The van der Waals surface area contributed by atoms with Crippen LogP contribution in [0.15, 0.2) is 12.4 Å². The maximum atomic E-state index is 10.7. The molecule has 1 fully saturated rings. The zero-order valence-electron chi connectivity index (χ0n) is 12.6. The molecular formula is C15H24N4O2. The predicted octanol–water partition coefficient (Wildman–Crippen LogP) is 2.10. The molecule has 2 rings (SSSR count). The standard InChI is InChI=1S/C15H24N4O2/c1-12-5-4-8-19(11-12)7-3-2-6-16-14-10-17-13(9-18-14)15(20)21/h9-10,12H,2-8,11H2,1H3,(H,16,18)(H,20,21). The van der Waals surface area contributed by atoms with Crippen LogP contribution in [-0.2, 0) is 0 Å². The van der Waals surface area contributed by atoms with E-state index in [2.05, 4.69) is 27.1 Å². The Balaban J connectivity index is 1.60. The second kappa shape index (κ2) is 7.93. The lowest BCUT2D eigenvalue weighted by molar-refractivity contribution is 0.0690. The maximum absolute atomic E-state index is 10.7. The highest BCUT2D eigenvalue weighted by Gasteiger charge is 2.15. The molecule has 0 aromatic carbocycles. The number of aromatic carboxylic acids is 1. The lowest BCUT2D eigenvalue weighted by Crippen LogP contribution is -2.35. The minimum absolute atomic E-state index is 0.0280. The summed E-state index contributed by atoms with van der Waals surface area (Å²) in [6.07, 6.45) is 7.68. The summed E-state index contributed by atoms with van der Waals surface area (Å²) in [5.74, 6) is 0.413. The molecule has 1 aromatic rings. The SMILES string of the molecule is CC1CCCN(CCCCNc2cnc(C(=O)O)cn2)C1. The number of hydrogen-bond donors (Lipinski definition) is 2. The van der Waals surface area contributed by atoms with Crippen molar-refractivity contribution in [2.45, 2.75) is 32.6 Å². The summed E-state index contributed by atoms with van der Waals surface area (Å²) < 4.78 is 0. The van der Waals surface area contributed by atoms with E-state index in [4.69, 9.17) is 5.11 Å². The summed E-state index contributed by atoms with van der Waals surface area (Å²) in [5.41, 5.74) is -0.0280. The van der Waals surface area contributed by atoms with Gasteiger partial charge < -0.3 is 15.3 Å². The first-order valence-electron chi connectivity index (χ1n) is 7.66. The van der Waals surface area contributed by atoms with Crippen molar-refractivity contribution in [2.24, 2.45) is 5.92 Å². The highest BCUT2D eigenvalue weighted by atomic mass is 16.4. The van der Waals surface area contributed by atoms with E-state index in [1.165, 1.54) is 44.7 Å². The van der Waals surface area contributed by atoms with Gasteiger partial charge in [0, 0.05) is 13.1 Å². The van der Waals surface area contributed by atoms with Gasteiger partial charge in [0.1, 0.15) is 5.82 Å². The van der Waals surface area contributed by atoms with E-state index in [0.29, 0.717) is 5.82 Å². The number of likely N-dealkylation sites (tertiary alicyclic amines) is 1. The molecule has 6 nitrogen and oxygen atoms in total. The molecule has 2 heterocycles. The van der Waals surface area contributed by atoms with Crippen LogP contribution in [0.25, 0.3) is 0 Å². The molecule has 2 N–H and O–H groups in total. The quantitative estimate of drug-likeness (QED) is 0.749. The molecule has 1 atom stereocenters. The third kappa shape index (κ3) is 5.30. The van der Waals surface area contributed by atoms with Crippen LogP contribution in [0.5, 0.6) is 0 Å². The first kappa shape index (κ1) is 15.7. The third-order valence-corrected chi connectivity index (χ3v) is 3.82. The summed E-state index contributed by atoms with van der Waals surface area (Å²) in [7, 11) is 0. The van der Waals surface area contributed by atoms with Crippen molar-refractivity contribution in [1.82, 2.24) is 14.9 Å². The normalized spacial score (nSPS) is 19.4. The molecule has 0 spiro atoms. The van der Waals surface area contributed by atoms with E-state index in [1.54, 1.807) is 0 Å². The van der Waals surface area contributed by atoms with Crippen LogP contribution < -0.4 is 5.32 Å². The maximum Gasteiger partial charge on any atom is 0.356 e. The number of nitrogens with zero attached hydrogens (tertiary/aromatic N) is 3. The van der Waals surface area contributed by atoms with Crippen molar-refractivity contribution >= 4 is 11.8 Å². The highest BCUT2D eigenvalue weighted by Crippen LogP contribution is 2.15. The number of hydrogen-bond acceptors (Lipinski definition) is 5. The molecule has 0 aliphatic carbocycles. The summed E-state index contributed by atoms with van der Waals surface area (Å²) in [6, 6.07) is 0. The van der Waals surface area contributed by atoms with Crippen molar-refractivity contribution < 1.29 is 9.90 Å². The van der Waals surface area contributed by atoms with E-state index in [0.717, 1.165) is 25.4 Å². The van der Waals surface area contributed by atoms with Gasteiger partial charge in [0.2, 0.25) is 0 Å². The summed E-state index contributed by atoms with van der Waals surface area (Å²) in [6.45, 7) is 6.79. The zero-order chi connectivity index (χ0) is 15.1. The van der Waals surface area contributed by atoms with E-state index in [1.807, 2.05) is 0 Å². The van der Waals surface area contributed by atoms with E-state index < -0.39 is 5.97 Å². The third-order valence-electron chi connectivity index (χ3n) is 3.82. The Morgan fingerprint density at radius 3 is 2.95 bits per heavy atom. The molecule has 21 heavy (non-hydrogen) atoms. The molecule has 1 saturated heterocycles. The van der Waals surface area contributed by atoms with Gasteiger partial charge in [-0.05, 0) is 44.7 Å².